The molecule has 0 spiro atoms. The quantitative estimate of drug-likeness (QED) is 0.207. The Labute approximate surface area is 278 Å². The Kier molecular flexibility index (Phi) is 21.3. The molecule has 3 nitrogen and oxygen atoms in total. The van der Waals surface area contributed by atoms with Crippen LogP contribution in [-0.4, -0.2) is 16.4 Å². The van der Waals surface area contributed by atoms with E-state index >= 15 is 0 Å². The smallest absolute Gasteiger partial charge is 1.00 e. The van der Waals surface area contributed by atoms with Gasteiger partial charge in [-0.3, -0.25) is 9.98 Å². The number of halogens is 3. The summed E-state index contributed by atoms with van der Waals surface area (Å²) >= 11 is 0. The number of aryl methyl sites for hydroxylation is 5. The molecule has 0 aliphatic carbocycles. The summed E-state index contributed by atoms with van der Waals surface area (Å²) in [6, 6.07) is 17.5. The number of aromatic nitrogens is 1. The summed E-state index contributed by atoms with van der Waals surface area (Å²) in [6.07, 6.45) is 8.60. The van der Waals surface area contributed by atoms with Crippen LogP contribution in [0.1, 0.15) is 106 Å². The fraction of sp³-hybridized carbons (Fsp3) is 0.441. The summed E-state index contributed by atoms with van der Waals surface area (Å²) in [4.78, 5) is 15.4. The van der Waals surface area contributed by atoms with E-state index in [0.717, 1.165) is 85.6 Å². The van der Waals surface area contributed by atoms with Crippen molar-refractivity contribution in [2.45, 2.75) is 99.8 Å². The molecule has 0 aliphatic rings. The van der Waals surface area contributed by atoms with E-state index in [1.807, 2.05) is 0 Å². The van der Waals surface area contributed by atoms with E-state index in [1.165, 1.54) is 27.8 Å². The van der Waals surface area contributed by atoms with Crippen molar-refractivity contribution in [3.63, 3.8) is 0 Å². The Hall–Kier alpha value is -1.68. The van der Waals surface area contributed by atoms with Crippen LogP contribution in [-0.2, 0) is 42.8 Å². The molecule has 0 bridgehead atoms. The van der Waals surface area contributed by atoms with Gasteiger partial charge in [0.15, 0.2) is 0 Å². The zero-order chi connectivity index (χ0) is 26.8. The minimum atomic E-state index is 0. The molecule has 0 saturated heterocycles. The molecule has 0 amide bonds. The Bertz CT molecular complexity index is 1130. The SMILES string of the molecule is CCCc1cccc(CCC)c1N=C(C)c1cc(C)cc(C(C)=Nc2c(CCC)cccc2CCC)n1.[Cl-].[Cl-].[Cl-].[Fe+3]. The third kappa shape index (κ3) is 11.5. The summed E-state index contributed by atoms with van der Waals surface area (Å²) < 4.78 is 0. The van der Waals surface area contributed by atoms with Gasteiger partial charge in [-0.2, -0.15) is 0 Å². The van der Waals surface area contributed by atoms with Gasteiger partial charge in [-0.1, -0.05) is 89.8 Å². The number of benzene rings is 2. The minimum absolute atomic E-state index is 0. The number of hydrogen-bond donors (Lipinski definition) is 0. The van der Waals surface area contributed by atoms with Gasteiger partial charge in [0.1, 0.15) is 0 Å². The van der Waals surface area contributed by atoms with Gasteiger partial charge < -0.3 is 37.2 Å². The van der Waals surface area contributed by atoms with Gasteiger partial charge in [-0.15, -0.1) is 0 Å². The van der Waals surface area contributed by atoms with Crippen LogP contribution in [0.2, 0.25) is 0 Å². The summed E-state index contributed by atoms with van der Waals surface area (Å²) in [7, 11) is 0. The number of rotatable bonds is 12. The van der Waals surface area contributed by atoms with Crippen molar-refractivity contribution in [3.8, 4) is 0 Å². The molecule has 2 aromatic carbocycles. The Balaban J connectivity index is 0. The second-order valence-electron chi connectivity index (χ2n) is 10.2. The first-order valence-corrected chi connectivity index (χ1v) is 14.2. The molecule has 0 N–H and O–H groups in total. The number of para-hydroxylation sites is 2. The summed E-state index contributed by atoms with van der Waals surface area (Å²) in [5.41, 5.74) is 12.5. The fourth-order valence-corrected chi connectivity index (χ4v) is 4.95. The zero-order valence-electron chi connectivity index (χ0n) is 25.6. The molecule has 7 heteroatoms. The Morgan fingerprint density at radius 3 is 1.15 bits per heavy atom. The maximum atomic E-state index is 5.18. The van der Waals surface area contributed by atoms with Gasteiger partial charge in [0.2, 0.25) is 0 Å². The molecule has 41 heavy (non-hydrogen) atoms. The van der Waals surface area contributed by atoms with Gasteiger partial charge >= 0.3 is 17.1 Å². The molecule has 0 saturated carbocycles. The van der Waals surface area contributed by atoms with Crippen LogP contribution in [0, 0.1) is 6.92 Å². The number of pyridine rings is 1. The average Bonchev–Trinajstić information content (AvgIpc) is 2.87. The van der Waals surface area contributed by atoms with E-state index in [0.29, 0.717) is 0 Å². The molecule has 0 aliphatic heterocycles. The number of hydrogen-bond acceptors (Lipinski definition) is 3. The van der Waals surface area contributed by atoms with E-state index in [-0.39, 0.29) is 54.3 Å². The van der Waals surface area contributed by atoms with E-state index in [1.54, 1.807) is 0 Å². The van der Waals surface area contributed by atoms with Crippen molar-refractivity contribution in [2.24, 2.45) is 9.98 Å². The first-order valence-electron chi connectivity index (χ1n) is 14.2. The summed E-state index contributed by atoms with van der Waals surface area (Å²) in [5.74, 6) is 0. The molecule has 225 valence electrons. The molecule has 3 aromatic rings. The van der Waals surface area contributed by atoms with Crippen LogP contribution in [0.25, 0.3) is 0 Å². The monoisotopic (exact) mass is 656 g/mol. The van der Waals surface area contributed by atoms with Gasteiger partial charge in [0, 0.05) is 0 Å². The number of aliphatic imine (C=N–C) groups is 2. The largest absolute Gasteiger partial charge is 3.00 e. The molecule has 1 heterocycles. The van der Waals surface area contributed by atoms with Crippen LogP contribution in [0.3, 0.4) is 0 Å². The van der Waals surface area contributed by atoms with Gasteiger partial charge in [0.05, 0.1) is 34.2 Å². The van der Waals surface area contributed by atoms with Gasteiger partial charge in [-0.05, 0) is 86.4 Å². The maximum Gasteiger partial charge on any atom is 3.00 e. The second kappa shape index (κ2) is 21.1. The van der Waals surface area contributed by atoms with Crippen molar-refractivity contribution in [1.29, 1.82) is 0 Å². The minimum Gasteiger partial charge on any atom is -1.00 e. The van der Waals surface area contributed by atoms with Crippen molar-refractivity contribution in [2.75, 3.05) is 0 Å². The van der Waals surface area contributed by atoms with E-state index < -0.39 is 0 Å². The summed E-state index contributed by atoms with van der Waals surface area (Å²) in [5, 5.41) is 0. The van der Waals surface area contributed by atoms with Crippen molar-refractivity contribution in [3.05, 3.63) is 87.7 Å². The molecule has 0 unspecified atom stereocenters. The van der Waals surface area contributed by atoms with Crippen molar-refractivity contribution in [1.82, 2.24) is 4.98 Å². The third-order valence-electron chi connectivity index (χ3n) is 6.75. The van der Waals surface area contributed by atoms with Crippen molar-refractivity contribution < 1.29 is 54.3 Å². The molecular weight excluding hydrogens is 613 g/mol. The molecule has 1 radical (unpaired) electrons. The number of nitrogens with zero attached hydrogens (tertiary/aromatic N) is 3. The van der Waals surface area contributed by atoms with Crippen LogP contribution < -0.4 is 37.2 Å². The maximum absolute atomic E-state index is 5.18. The molecule has 3 rings (SSSR count). The predicted molar refractivity (Wildman–Crippen MR) is 162 cm³/mol. The Morgan fingerprint density at radius 1 is 0.585 bits per heavy atom. The van der Waals surface area contributed by atoms with Crippen LogP contribution in [0.15, 0.2) is 58.5 Å². The van der Waals surface area contributed by atoms with E-state index in [9.17, 15) is 0 Å². The van der Waals surface area contributed by atoms with E-state index in [2.05, 4.69) is 97.0 Å². The zero-order valence-corrected chi connectivity index (χ0v) is 29.0. The Morgan fingerprint density at radius 2 is 0.878 bits per heavy atom. The normalized spacial score (nSPS) is 11.1. The van der Waals surface area contributed by atoms with Crippen LogP contribution >= 0.6 is 0 Å². The van der Waals surface area contributed by atoms with Gasteiger partial charge in [-0.25, -0.2) is 4.98 Å². The summed E-state index contributed by atoms with van der Waals surface area (Å²) in [6.45, 7) is 15.2. The first kappa shape index (κ1) is 41.5. The van der Waals surface area contributed by atoms with E-state index in [4.69, 9.17) is 15.0 Å². The topological polar surface area (TPSA) is 37.6 Å². The molecule has 0 fully saturated rings. The predicted octanol–water partition coefficient (Wildman–Crippen LogP) is 0.491. The average molecular weight is 658 g/mol. The molecule has 0 atom stereocenters. The second-order valence-corrected chi connectivity index (χ2v) is 10.2. The standard InChI is InChI=1S/C34H45N3.3ClH.Fe/c1-8-14-27-18-12-19-28(15-9-2)33(27)35-25(6)31-22-24(5)23-32(37-31)26(7)36-34-29(16-10-3)20-13-21-30(34)17-11-4;;;;/h12-13,18-23H,8-11,14-17H2,1-7H3;3*1H;/q;;;;+3/p-3. The molecular formula is C34H45Cl3FeN3. The first-order chi connectivity index (χ1) is 17.9. The van der Waals surface area contributed by atoms with Crippen molar-refractivity contribution >= 4 is 22.8 Å². The fourth-order valence-electron chi connectivity index (χ4n) is 4.95. The van der Waals surface area contributed by atoms with Gasteiger partial charge in [0.25, 0.3) is 0 Å². The van der Waals surface area contributed by atoms with Crippen LogP contribution in [0.4, 0.5) is 11.4 Å². The van der Waals surface area contributed by atoms with Crippen LogP contribution in [0.5, 0.6) is 0 Å². The third-order valence-corrected chi connectivity index (χ3v) is 6.75. The molecule has 1 aromatic heterocycles.